The summed E-state index contributed by atoms with van der Waals surface area (Å²) in [6.07, 6.45) is -10.1. The molecule has 4 fully saturated rings. The van der Waals surface area contributed by atoms with Crippen LogP contribution in [-0.4, -0.2) is 133 Å². The van der Waals surface area contributed by atoms with Crippen LogP contribution in [0.2, 0.25) is 0 Å². The minimum Gasteiger partial charge on any atom is -0.465 e. The number of fused-ring (bicyclic) bond motifs is 2. The molecule has 4 aliphatic rings. The number of nitrogens with zero attached hydrogens (tertiary/aromatic N) is 1. The first-order valence-electron chi connectivity index (χ1n) is 19.2. The van der Waals surface area contributed by atoms with E-state index in [4.69, 9.17) is 50.1 Å². The molecule has 14 nitrogen and oxygen atoms in total. The minimum atomic E-state index is -1.49. The Morgan fingerprint density at radius 2 is 1.78 bits per heavy atom. The van der Waals surface area contributed by atoms with E-state index in [2.05, 4.69) is 4.98 Å². The standard InChI is InChI=1S/C39H51NO13S5/c1-5-55-38(54)57-39(4,18-21(2)34(44)46-15-16-56-58-27-13-9-10-14-40-27)37(45)53-33-30(43)32-26(20-48-35(52-32)23-11-7-6-8-12-23)51-36(33)50-25-17-24-19-47-22(3)49-31(24)29(42)28(25)41/h6-14,21-22,24-26,28-33,35-36,41-43H,5,15-20H2,1-4H3/t21?,22?,24-,25+,26-,28+,29-,30+,31-,32-,33-,35?,36+,39?/m1/s1. The number of carbonyl (C=O) groups excluding carboxylic acids is 2. The lowest BCUT2D eigenvalue weighted by molar-refractivity contribution is -0.375. The van der Waals surface area contributed by atoms with Crippen LogP contribution < -0.4 is 0 Å². The molecule has 19 heteroatoms. The van der Waals surface area contributed by atoms with Gasteiger partial charge in [-0.15, -0.1) is 11.8 Å². The Labute approximate surface area is 360 Å². The number of thiocarbonyl (C=S) groups is 1. The van der Waals surface area contributed by atoms with Crippen molar-refractivity contribution in [2.45, 2.75) is 118 Å². The molecule has 0 spiro atoms. The molecule has 1 aromatic heterocycles. The molecule has 3 N–H and O–H groups in total. The van der Waals surface area contributed by atoms with E-state index in [0.29, 0.717) is 15.0 Å². The molecular weight excluding hydrogens is 851 g/mol. The lowest BCUT2D eigenvalue weighted by Crippen LogP contribution is -2.66. The molecule has 0 radical (unpaired) electrons. The van der Waals surface area contributed by atoms with Crippen molar-refractivity contribution in [2.75, 3.05) is 31.3 Å². The zero-order valence-corrected chi connectivity index (χ0v) is 36.6. The van der Waals surface area contributed by atoms with Gasteiger partial charge >= 0.3 is 11.9 Å². The molecule has 3 saturated heterocycles. The number of thioether (sulfide) groups is 2. The number of hydrogen-bond donors (Lipinski definition) is 3. The minimum absolute atomic E-state index is 0.00767. The van der Waals surface area contributed by atoms with Crippen LogP contribution in [0.4, 0.5) is 0 Å². The third-order valence-corrected chi connectivity index (χ3v) is 15.1. The Balaban J connectivity index is 1.18. The molecule has 0 amide bonds. The maximum Gasteiger partial charge on any atom is 0.322 e. The Hall–Kier alpha value is -1.56. The number of aliphatic hydroxyl groups excluding tert-OH is 3. The number of benzene rings is 1. The molecule has 4 heterocycles. The zero-order valence-electron chi connectivity index (χ0n) is 32.6. The number of aliphatic hydroxyl groups is 3. The highest BCUT2D eigenvalue weighted by molar-refractivity contribution is 8.76. The second-order valence-corrected chi connectivity index (χ2v) is 21.0. The maximum atomic E-state index is 14.5. The van der Waals surface area contributed by atoms with Crippen molar-refractivity contribution in [1.82, 2.24) is 4.98 Å². The zero-order chi connectivity index (χ0) is 41.4. The van der Waals surface area contributed by atoms with E-state index >= 15 is 0 Å². The normalized spacial score (nSPS) is 33.8. The van der Waals surface area contributed by atoms with Crippen molar-refractivity contribution in [1.29, 1.82) is 0 Å². The summed E-state index contributed by atoms with van der Waals surface area (Å²) in [5.41, 5.74) is 0.720. The van der Waals surface area contributed by atoms with Gasteiger partial charge in [-0.1, -0.05) is 85.0 Å². The van der Waals surface area contributed by atoms with E-state index in [0.717, 1.165) is 22.4 Å². The molecule has 3 aliphatic heterocycles. The van der Waals surface area contributed by atoms with Crippen LogP contribution in [0, 0.1) is 11.8 Å². The van der Waals surface area contributed by atoms with Gasteiger partial charge in [-0.3, -0.25) is 9.59 Å². The van der Waals surface area contributed by atoms with Crippen molar-refractivity contribution < 1.29 is 62.8 Å². The van der Waals surface area contributed by atoms with Crippen LogP contribution in [0.5, 0.6) is 0 Å². The summed E-state index contributed by atoms with van der Waals surface area (Å²) in [5.74, 6) is -1.14. The third kappa shape index (κ3) is 11.7. The van der Waals surface area contributed by atoms with Gasteiger partial charge in [-0.25, -0.2) is 4.98 Å². The van der Waals surface area contributed by atoms with Crippen molar-refractivity contribution in [2.24, 2.45) is 11.8 Å². The van der Waals surface area contributed by atoms with Crippen LogP contribution in [0.15, 0.2) is 59.8 Å². The van der Waals surface area contributed by atoms with E-state index in [9.17, 15) is 24.9 Å². The van der Waals surface area contributed by atoms with E-state index in [1.807, 2.05) is 55.5 Å². The smallest absolute Gasteiger partial charge is 0.322 e. The predicted octanol–water partition coefficient (Wildman–Crippen LogP) is 4.92. The topological polar surface area (TPSA) is 182 Å². The lowest BCUT2D eigenvalue weighted by Gasteiger charge is -2.50. The molecule has 1 aliphatic carbocycles. The van der Waals surface area contributed by atoms with Crippen LogP contribution in [0.1, 0.15) is 52.4 Å². The van der Waals surface area contributed by atoms with Crippen LogP contribution in [-0.2, 0) is 47.5 Å². The van der Waals surface area contributed by atoms with Gasteiger partial charge in [0.2, 0.25) is 0 Å². The number of pyridine rings is 1. The Morgan fingerprint density at radius 3 is 2.52 bits per heavy atom. The fourth-order valence-corrected chi connectivity index (χ4v) is 12.1. The van der Waals surface area contributed by atoms with Crippen LogP contribution >= 0.6 is 57.3 Å². The quantitative estimate of drug-likeness (QED) is 0.0948. The van der Waals surface area contributed by atoms with Gasteiger partial charge in [0, 0.05) is 23.4 Å². The van der Waals surface area contributed by atoms with E-state index < -0.39 is 90.3 Å². The van der Waals surface area contributed by atoms with Gasteiger partial charge in [0.15, 0.2) is 25.0 Å². The van der Waals surface area contributed by atoms with Gasteiger partial charge in [-0.05, 0) is 55.4 Å². The molecule has 1 saturated carbocycles. The molecule has 320 valence electrons. The summed E-state index contributed by atoms with van der Waals surface area (Å²) in [4.78, 5) is 32.1. The molecule has 14 atom stereocenters. The summed E-state index contributed by atoms with van der Waals surface area (Å²) < 4.78 is 47.3. The average molecular weight is 902 g/mol. The van der Waals surface area contributed by atoms with Crippen LogP contribution in [0.25, 0.3) is 0 Å². The average Bonchev–Trinajstić information content (AvgIpc) is 3.21. The van der Waals surface area contributed by atoms with Gasteiger partial charge in [-0.2, -0.15) is 0 Å². The van der Waals surface area contributed by atoms with Gasteiger partial charge in [0.25, 0.3) is 0 Å². The second-order valence-electron chi connectivity index (χ2n) is 14.6. The third-order valence-electron chi connectivity index (χ3n) is 10.2. The van der Waals surface area contributed by atoms with Gasteiger partial charge in [0.1, 0.15) is 50.4 Å². The number of hydrogen-bond acceptors (Lipinski definition) is 19. The van der Waals surface area contributed by atoms with Gasteiger partial charge < -0.3 is 53.2 Å². The maximum absolute atomic E-state index is 14.5. The highest BCUT2D eigenvalue weighted by atomic mass is 33.1. The molecular formula is C39H51NO13S5. The monoisotopic (exact) mass is 901 g/mol. The summed E-state index contributed by atoms with van der Waals surface area (Å²) in [7, 11) is 2.99. The van der Waals surface area contributed by atoms with Crippen LogP contribution in [0.3, 0.4) is 0 Å². The lowest BCUT2D eigenvalue weighted by atomic mass is 9.80. The molecule has 58 heavy (non-hydrogen) atoms. The van der Waals surface area contributed by atoms with E-state index in [1.165, 1.54) is 33.3 Å². The van der Waals surface area contributed by atoms with Crippen molar-refractivity contribution >= 4 is 72.8 Å². The van der Waals surface area contributed by atoms with Crippen molar-refractivity contribution in [3.63, 3.8) is 0 Å². The highest BCUT2D eigenvalue weighted by Crippen LogP contribution is 2.42. The summed E-state index contributed by atoms with van der Waals surface area (Å²) >= 11 is 8.11. The van der Waals surface area contributed by atoms with Gasteiger partial charge in [0.05, 0.1) is 31.3 Å². The molecule has 4 unspecified atom stereocenters. The fourth-order valence-electron chi connectivity index (χ4n) is 7.26. The van der Waals surface area contributed by atoms with E-state index in [1.54, 1.807) is 27.0 Å². The Kier molecular flexibility index (Phi) is 17.0. The molecule has 1 aromatic carbocycles. The Bertz CT molecular complexity index is 1650. The Morgan fingerprint density at radius 1 is 1.00 bits per heavy atom. The number of aromatic nitrogens is 1. The molecule has 6 rings (SSSR count). The fraction of sp³-hybridized carbons (Fsp3) is 0.641. The van der Waals surface area contributed by atoms with Crippen molar-refractivity contribution in [3.05, 3.63) is 60.3 Å². The number of rotatable bonds is 15. The predicted molar refractivity (Wildman–Crippen MR) is 224 cm³/mol. The highest BCUT2D eigenvalue weighted by Gasteiger charge is 2.56. The number of ether oxygens (including phenoxy) is 8. The first-order chi connectivity index (χ1) is 27.9. The van der Waals surface area contributed by atoms with Crippen molar-refractivity contribution in [3.8, 4) is 0 Å². The largest absolute Gasteiger partial charge is 0.465 e. The first kappa shape index (κ1) is 46.0. The molecule has 2 aromatic rings. The molecule has 0 bridgehead atoms. The number of carbonyl (C=O) groups is 2. The number of esters is 2. The summed E-state index contributed by atoms with van der Waals surface area (Å²) in [6, 6.07) is 14.8. The second kappa shape index (κ2) is 21.5. The summed E-state index contributed by atoms with van der Waals surface area (Å²) in [5, 5.41) is 35.2. The SMILES string of the molecule is CCSC(=S)SC(C)(CC(C)C(=O)OCCSSc1ccccn1)C(=O)O[C@H]1[C@@H](O[C@H]2C[C@@H]3COC(C)O[C@H]3[C@H](O)[C@H]2O)O[C@@H]2COC(c3ccccc3)O[C@H]2[C@@H]1O. The summed E-state index contributed by atoms with van der Waals surface area (Å²) in [6.45, 7) is 7.41. The first-order valence-corrected chi connectivity index (χ1v) is 23.8. The van der Waals surface area contributed by atoms with E-state index in [-0.39, 0.29) is 38.6 Å².